The number of hydrogen-bond donors (Lipinski definition) is 1. The molecule has 0 aromatic heterocycles. The van der Waals surface area contributed by atoms with Crippen molar-refractivity contribution in [2.45, 2.75) is 57.7 Å². The van der Waals surface area contributed by atoms with Gasteiger partial charge in [0.1, 0.15) is 0 Å². The Balaban J connectivity index is 1.23. The number of aryl methyl sites for hydroxylation is 1. The van der Waals surface area contributed by atoms with E-state index < -0.39 is 0 Å². The highest BCUT2D eigenvalue weighted by atomic mass is 16.5. The maximum absolute atomic E-state index is 12.9. The number of urea groups is 1. The molecule has 1 saturated carbocycles. The molecule has 5 nitrogen and oxygen atoms in total. The van der Waals surface area contributed by atoms with Crippen molar-refractivity contribution < 1.29 is 9.53 Å². The van der Waals surface area contributed by atoms with Crippen molar-refractivity contribution in [1.82, 2.24) is 15.1 Å². The van der Waals surface area contributed by atoms with Crippen LogP contribution in [0.4, 0.5) is 4.79 Å². The quantitative estimate of drug-likeness (QED) is 0.835. The molecule has 148 valence electrons. The molecule has 1 unspecified atom stereocenters. The van der Waals surface area contributed by atoms with Crippen LogP contribution < -0.4 is 5.32 Å². The van der Waals surface area contributed by atoms with Gasteiger partial charge in [-0.25, -0.2) is 4.79 Å². The van der Waals surface area contributed by atoms with E-state index in [1.54, 1.807) is 0 Å². The van der Waals surface area contributed by atoms with Crippen molar-refractivity contribution in [3.8, 4) is 0 Å². The van der Waals surface area contributed by atoms with Crippen molar-refractivity contribution in [2.24, 2.45) is 5.92 Å². The number of carbonyl (C=O) groups excluding carboxylic acids is 1. The van der Waals surface area contributed by atoms with Crippen molar-refractivity contribution in [1.29, 1.82) is 0 Å². The number of nitrogens with zero attached hydrogens (tertiary/aromatic N) is 2. The number of rotatable bonds is 6. The minimum absolute atomic E-state index is 0.154. The molecule has 4 rings (SSSR count). The molecule has 1 atom stereocenters. The van der Waals surface area contributed by atoms with Crippen LogP contribution in [0.1, 0.15) is 43.2 Å². The summed E-state index contributed by atoms with van der Waals surface area (Å²) in [5.41, 5.74) is 2.71. The molecule has 27 heavy (non-hydrogen) atoms. The SMILES string of the molecule is Cc1cccc(CN2CCC(NC(=O)N(CC3CCOC3)C3CC3)CC2)c1. The van der Waals surface area contributed by atoms with E-state index in [0.717, 1.165) is 71.5 Å². The Hall–Kier alpha value is -1.59. The first-order chi connectivity index (χ1) is 13.2. The maximum Gasteiger partial charge on any atom is 0.317 e. The molecular weight excluding hydrogens is 338 g/mol. The molecule has 0 spiro atoms. The zero-order chi connectivity index (χ0) is 18.6. The number of likely N-dealkylation sites (tertiary alicyclic amines) is 1. The monoisotopic (exact) mass is 371 g/mol. The lowest BCUT2D eigenvalue weighted by atomic mass is 10.0. The molecule has 1 aromatic carbocycles. The Morgan fingerprint density at radius 3 is 2.70 bits per heavy atom. The molecule has 0 radical (unpaired) electrons. The summed E-state index contributed by atoms with van der Waals surface area (Å²) < 4.78 is 5.49. The first kappa shape index (κ1) is 18.8. The predicted octanol–water partition coefficient (Wildman–Crippen LogP) is 3.17. The van der Waals surface area contributed by atoms with E-state index in [1.807, 2.05) is 0 Å². The molecule has 3 fully saturated rings. The average Bonchev–Trinajstić information content (AvgIpc) is 3.37. The molecule has 1 aromatic rings. The van der Waals surface area contributed by atoms with E-state index in [2.05, 4.69) is 46.3 Å². The smallest absolute Gasteiger partial charge is 0.317 e. The second-order valence-corrected chi connectivity index (χ2v) is 8.60. The topological polar surface area (TPSA) is 44.8 Å². The Bertz CT molecular complexity index is 632. The molecular formula is C22H33N3O2. The van der Waals surface area contributed by atoms with E-state index in [-0.39, 0.29) is 6.03 Å². The van der Waals surface area contributed by atoms with Crippen LogP contribution in [0.25, 0.3) is 0 Å². The van der Waals surface area contributed by atoms with Crippen molar-refractivity contribution in [3.63, 3.8) is 0 Å². The Morgan fingerprint density at radius 1 is 1.22 bits per heavy atom. The number of amides is 2. The van der Waals surface area contributed by atoms with Crippen LogP contribution in [-0.4, -0.2) is 60.8 Å². The van der Waals surface area contributed by atoms with E-state index in [9.17, 15) is 4.79 Å². The third kappa shape index (κ3) is 5.23. The average molecular weight is 372 g/mol. The second kappa shape index (κ2) is 8.61. The molecule has 2 heterocycles. The molecule has 2 amide bonds. The summed E-state index contributed by atoms with van der Waals surface area (Å²) in [5.74, 6) is 0.521. The van der Waals surface area contributed by atoms with E-state index in [4.69, 9.17) is 4.74 Å². The minimum atomic E-state index is 0.154. The third-order valence-electron chi connectivity index (χ3n) is 6.13. The lowest BCUT2D eigenvalue weighted by Crippen LogP contribution is -2.50. The Labute approximate surface area is 163 Å². The minimum Gasteiger partial charge on any atom is -0.381 e. The van der Waals surface area contributed by atoms with Gasteiger partial charge in [0.15, 0.2) is 0 Å². The summed E-state index contributed by atoms with van der Waals surface area (Å²) >= 11 is 0. The van der Waals surface area contributed by atoms with Crippen LogP contribution in [0.2, 0.25) is 0 Å². The molecule has 2 aliphatic heterocycles. The number of ether oxygens (including phenoxy) is 1. The number of benzene rings is 1. The molecule has 1 aliphatic carbocycles. The van der Waals surface area contributed by atoms with Crippen LogP contribution in [-0.2, 0) is 11.3 Å². The molecule has 2 saturated heterocycles. The van der Waals surface area contributed by atoms with Crippen molar-refractivity contribution in [2.75, 3.05) is 32.8 Å². The summed E-state index contributed by atoms with van der Waals surface area (Å²) in [6, 6.07) is 9.70. The van der Waals surface area contributed by atoms with Crippen LogP contribution in [0.15, 0.2) is 24.3 Å². The zero-order valence-corrected chi connectivity index (χ0v) is 16.5. The van der Waals surface area contributed by atoms with Gasteiger partial charge in [-0.1, -0.05) is 29.8 Å². The molecule has 1 N–H and O–H groups in total. The number of piperidine rings is 1. The van der Waals surface area contributed by atoms with E-state index in [0.29, 0.717) is 18.0 Å². The zero-order valence-electron chi connectivity index (χ0n) is 16.5. The van der Waals surface area contributed by atoms with Gasteiger partial charge < -0.3 is 15.0 Å². The van der Waals surface area contributed by atoms with Gasteiger partial charge in [-0.3, -0.25) is 4.90 Å². The van der Waals surface area contributed by atoms with Gasteiger partial charge in [0, 0.05) is 50.8 Å². The largest absolute Gasteiger partial charge is 0.381 e. The maximum atomic E-state index is 12.9. The predicted molar refractivity (Wildman–Crippen MR) is 107 cm³/mol. The normalized spacial score (nSPS) is 24.1. The second-order valence-electron chi connectivity index (χ2n) is 8.60. The molecule has 3 aliphatic rings. The highest BCUT2D eigenvalue weighted by molar-refractivity contribution is 5.75. The summed E-state index contributed by atoms with van der Waals surface area (Å²) in [4.78, 5) is 17.5. The fourth-order valence-corrected chi connectivity index (χ4v) is 4.35. The highest BCUT2D eigenvalue weighted by Gasteiger charge is 2.35. The van der Waals surface area contributed by atoms with E-state index in [1.165, 1.54) is 11.1 Å². The lowest BCUT2D eigenvalue weighted by molar-refractivity contribution is 0.151. The lowest BCUT2D eigenvalue weighted by Gasteiger charge is -2.34. The van der Waals surface area contributed by atoms with Crippen LogP contribution in [0.3, 0.4) is 0 Å². The van der Waals surface area contributed by atoms with Gasteiger partial charge in [-0.05, 0) is 44.6 Å². The summed E-state index contributed by atoms with van der Waals surface area (Å²) in [6.45, 7) is 7.80. The summed E-state index contributed by atoms with van der Waals surface area (Å²) in [5, 5.41) is 3.33. The number of hydrogen-bond acceptors (Lipinski definition) is 3. The fourth-order valence-electron chi connectivity index (χ4n) is 4.35. The summed E-state index contributed by atoms with van der Waals surface area (Å²) in [6.07, 6.45) is 5.50. The molecule has 5 heteroatoms. The first-order valence-corrected chi connectivity index (χ1v) is 10.6. The van der Waals surface area contributed by atoms with Gasteiger partial charge in [0.25, 0.3) is 0 Å². The van der Waals surface area contributed by atoms with Crippen molar-refractivity contribution in [3.05, 3.63) is 35.4 Å². The van der Waals surface area contributed by atoms with Crippen molar-refractivity contribution >= 4 is 6.03 Å². The fraction of sp³-hybridized carbons (Fsp3) is 0.682. The van der Waals surface area contributed by atoms with Gasteiger partial charge in [0.2, 0.25) is 0 Å². The van der Waals surface area contributed by atoms with E-state index >= 15 is 0 Å². The Morgan fingerprint density at radius 2 is 2.04 bits per heavy atom. The number of nitrogens with one attached hydrogen (secondary N) is 1. The molecule has 0 bridgehead atoms. The Kier molecular flexibility index (Phi) is 5.98. The highest BCUT2D eigenvalue weighted by Crippen LogP contribution is 2.29. The van der Waals surface area contributed by atoms with Crippen LogP contribution in [0, 0.1) is 12.8 Å². The number of carbonyl (C=O) groups is 1. The van der Waals surface area contributed by atoms with Gasteiger partial charge in [-0.2, -0.15) is 0 Å². The first-order valence-electron chi connectivity index (χ1n) is 10.6. The van der Waals surface area contributed by atoms with Gasteiger partial charge in [-0.15, -0.1) is 0 Å². The van der Waals surface area contributed by atoms with Gasteiger partial charge >= 0.3 is 6.03 Å². The van der Waals surface area contributed by atoms with Crippen LogP contribution in [0.5, 0.6) is 0 Å². The third-order valence-corrected chi connectivity index (χ3v) is 6.13. The summed E-state index contributed by atoms with van der Waals surface area (Å²) in [7, 11) is 0. The van der Waals surface area contributed by atoms with Crippen LogP contribution >= 0.6 is 0 Å². The van der Waals surface area contributed by atoms with Gasteiger partial charge in [0.05, 0.1) is 6.61 Å². The standard InChI is InChI=1S/C22H33N3O2/c1-17-3-2-4-18(13-17)14-24-10-7-20(8-11-24)23-22(26)25(21-5-6-21)15-19-9-12-27-16-19/h2-4,13,19-21H,5-12,14-16H2,1H3,(H,23,26).